The van der Waals surface area contributed by atoms with E-state index in [1.807, 2.05) is 19.1 Å². The molecule has 0 atom stereocenters. The normalized spacial score (nSPS) is 14.9. The Morgan fingerprint density at radius 2 is 1.93 bits per heavy atom. The van der Waals surface area contributed by atoms with Crippen LogP contribution < -0.4 is 14.8 Å². The molecule has 3 rings (SSSR count). The second kappa shape index (κ2) is 9.23. The first kappa shape index (κ1) is 21.7. The fourth-order valence-corrected chi connectivity index (χ4v) is 3.99. The summed E-state index contributed by atoms with van der Waals surface area (Å²) in [5.41, 5.74) is 2.07. The molecule has 1 N–H and O–H groups in total. The number of nitrogens with one attached hydrogen (secondary N) is 1. The summed E-state index contributed by atoms with van der Waals surface area (Å²) in [7, 11) is 2.94. The lowest BCUT2D eigenvalue weighted by molar-refractivity contribution is -0.127. The minimum atomic E-state index is -0.546. The molecule has 30 heavy (non-hydrogen) atoms. The second-order valence-corrected chi connectivity index (χ2v) is 7.77. The lowest BCUT2D eigenvalue weighted by Gasteiger charge is -2.13. The Kier molecular flexibility index (Phi) is 6.69. The van der Waals surface area contributed by atoms with E-state index in [4.69, 9.17) is 21.1 Å². The molecular formula is C21H19ClN2O5S. The van der Waals surface area contributed by atoms with Crippen LogP contribution in [0.25, 0.3) is 6.08 Å². The molecule has 0 saturated carbocycles. The van der Waals surface area contributed by atoms with Crippen LogP contribution in [0.2, 0.25) is 5.02 Å². The van der Waals surface area contributed by atoms with Gasteiger partial charge in [-0.15, -0.1) is 0 Å². The van der Waals surface area contributed by atoms with Gasteiger partial charge in [-0.1, -0.05) is 29.8 Å². The molecule has 0 bridgehead atoms. The highest BCUT2D eigenvalue weighted by Crippen LogP contribution is 2.38. The summed E-state index contributed by atoms with van der Waals surface area (Å²) >= 11 is 6.96. The zero-order chi connectivity index (χ0) is 21.8. The van der Waals surface area contributed by atoms with E-state index in [9.17, 15) is 14.4 Å². The number of amides is 3. The lowest BCUT2D eigenvalue weighted by Crippen LogP contribution is -2.36. The van der Waals surface area contributed by atoms with Crippen molar-refractivity contribution < 1.29 is 23.9 Å². The van der Waals surface area contributed by atoms with Crippen molar-refractivity contribution in [1.29, 1.82) is 0 Å². The number of hydrogen-bond acceptors (Lipinski definition) is 6. The number of ether oxygens (including phenoxy) is 2. The highest BCUT2D eigenvalue weighted by molar-refractivity contribution is 8.18. The van der Waals surface area contributed by atoms with E-state index >= 15 is 0 Å². The Morgan fingerprint density at radius 3 is 2.60 bits per heavy atom. The predicted molar refractivity (Wildman–Crippen MR) is 117 cm³/mol. The maximum absolute atomic E-state index is 12.7. The van der Waals surface area contributed by atoms with E-state index in [0.717, 1.165) is 22.2 Å². The van der Waals surface area contributed by atoms with Gasteiger partial charge in [-0.05, 0) is 54.1 Å². The quantitative estimate of drug-likeness (QED) is 0.664. The number of imide groups is 1. The van der Waals surface area contributed by atoms with Crippen molar-refractivity contribution in [2.45, 2.75) is 6.92 Å². The van der Waals surface area contributed by atoms with Crippen LogP contribution in [-0.2, 0) is 9.59 Å². The van der Waals surface area contributed by atoms with Crippen molar-refractivity contribution in [2.75, 3.05) is 26.1 Å². The summed E-state index contributed by atoms with van der Waals surface area (Å²) < 4.78 is 10.4. The van der Waals surface area contributed by atoms with Crippen LogP contribution in [0, 0.1) is 6.92 Å². The summed E-state index contributed by atoms with van der Waals surface area (Å²) in [5.74, 6) is -0.233. The number of aryl methyl sites for hydroxylation is 1. The van der Waals surface area contributed by atoms with Crippen LogP contribution in [0.15, 0.2) is 41.3 Å². The lowest BCUT2D eigenvalue weighted by atomic mass is 10.1. The molecule has 1 saturated heterocycles. The number of nitrogens with zero attached hydrogens (tertiary/aromatic N) is 1. The topological polar surface area (TPSA) is 84.9 Å². The van der Waals surface area contributed by atoms with Crippen LogP contribution in [0.5, 0.6) is 11.5 Å². The monoisotopic (exact) mass is 446 g/mol. The number of carbonyl (C=O) groups excluding carboxylic acids is 3. The molecule has 0 aromatic heterocycles. The van der Waals surface area contributed by atoms with Gasteiger partial charge in [-0.2, -0.15) is 0 Å². The zero-order valence-electron chi connectivity index (χ0n) is 16.5. The Hall–Kier alpha value is -2.97. The van der Waals surface area contributed by atoms with Crippen molar-refractivity contribution in [2.24, 2.45) is 0 Å². The first-order valence-corrected chi connectivity index (χ1v) is 10.1. The molecule has 0 radical (unpaired) electrons. The summed E-state index contributed by atoms with van der Waals surface area (Å²) in [6.07, 6.45) is 1.53. The average Bonchev–Trinajstić information content (AvgIpc) is 2.96. The SMILES string of the molecule is COc1cc(/C=C2\SC(=O)N(CC(=O)Nc3ccccc3C)C2=O)cc(Cl)c1OC. The molecule has 3 amide bonds. The van der Waals surface area contributed by atoms with Gasteiger partial charge in [-0.25, -0.2) is 0 Å². The average molecular weight is 447 g/mol. The van der Waals surface area contributed by atoms with Crippen LogP contribution in [-0.4, -0.2) is 42.7 Å². The Labute approximate surface area is 183 Å². The number of para-hydroxylation sites is 1. The van der Waals surface area contributed by atoms with Crippen molar-refractivity contribution in [3.63, 3.8) is 0 Å². The van der Waals surface area contributed by atoms with Gasteiger partial charge in [0.15, 0.2) is 11.5 Å². The molecule has 156 valence electrons. The van der Waals surface area contributed by atoms with E-state index in [2.05, 4.69) is 5.32 Å². The van der Waals surface area contributed by atoms with Gasteiger partial charge in [0.05, 0.1) is 24.1 Å². The summed E-state index contributed by atoms with van der Waals surface area (Å²) in [4.78, 5) is 38.4. The number of rotatable bonds is 6. The number of methoxy groups -OCH3 is 2. The van der Waals surface area contributed by atoms with E-state index in [0.29, 0.717) is 27.8 Å². The molecule has 9 heteroatoms. The van der Waals surface area contributed by atoms with E-state index in [-0.39, 0.29) is 11.4 Å². The first-order valence-electron chi connectivity index (χ1n) is 8.86. The molecule has 0 aliphatic carbocycles. The number of hydrogen-bond donors (Lipinski definition) is 1. The Balaban J connectivity index is 1.77. The van der Waals surface area contributed by atoms with Gasteiger partial charge in [0.2, 0.25) is 5.91 Å². The second-order valence-electron chi connectivity index (χ2n) is 6.37. The molecule has 1 aliphatic heterocycles. The fraction of sp³-hybridized carbons (Fsp3) is 0.190. The summed E-state index contributed by atoms with van der Waals surface area (Å²) in [6, 6.07) is 10.5. The molecular weight excluding hydrogens is 428 g/mol. The van der Waals surface area contributed by atoms with Crippen LogP contribution in [0.4, 0.5) is 10.5 Å². The number of halogens is 1. The third kappa shape index (κ3) is 4.60. The van der Waals surface area contributed by atoms with Gasteiger partial charge in [0.25, 0.3) is 11.1 Å². The van der Waals surface area contributed by atoms with Crippen LogP contribution >= 0.6 is 23.4 Å². The van der Waals surface area contributed by atoms with Gasteiger partial charge in [-0.3, -0.25) is 19.3 Å². The fourth-order valence-electron chi connectivity index (χ4n) is 2.86. The predicted octanol–water partition coefficient (Wildman–Crippen LogP) is 4.34. The van der Waals surface area contributed by atoms with Gasteiger partial charge in [0, 0.05) is 5.69 Å². The maximum Gasteiger partial charge on any atom is 0.294 e. The van der Waals surface area contributed by atoms with Crippen molar-refractivity contribution >= 4 is 52.2 Å². The number of thioether (sulfide) groups is 1. The van der Waals surface area contributed by atoms with Crippen molar-refractivity contribution in [3.8, 4) is 11.5 Å². The minimum absolute atomic E-state index is 0.187. The number of benzene rings is 2. The van der Waals surface area contributed by atoms with Gasteiger partial charge >= 0.3 is 0 Å². The van der Waals surface area contributed by atoms with E-state index in [1.54, 1.807) is 24.3 Å². The van der Waals surface area contributed by atoms with Crippen molar-refractivity contribution in [1.82, 2.24) is 4.90 Å². The summed E-state index contributed by atoms with van der Waals surface area (Å²) in [6.45, 7) is 1.48. The number of carbonyl (C=O) groups is 3. The molecule has 1 aliphatic rings. The molecule has 1 fully saturated rings. The van der Waals surface area contributed by atoms with Gasteiger partial charge in [0.1, 0.15) is 6.54 Å². The highest BCUT2D eigenvalue weighted by atomic mass is 35.5. The van der Waals surface area contributed by atoms with Crippen LogP contribution in [0.1, 0.15) is 11.1 Å². The Morgan fingerprint density at radius 1 is 1.20 bits per heavy atom. The van der Waals surface area contributed by atoms with E-state index in [1.165, 1.54) is 20.3 Å². The zero-order valence-corrected chi connectivity index (χ0v) is 18.1. The van der Waals surface area contributed by atoms with E-state index < -0.39 is 17.1 Å². The van der Waals surface area contributed by atoms with Crippen LogP contribution in [0.3, 0.4) is 0 Å². The smallest absolute Gasteiger partial charge is 0.294 e. The maximum atomic E-state index is 12.7. The molecule has 7 nitrogen and oxygen atoms in total. The minimum Gasteiger partial charge on any atom is -0.493 e. The number of anilines is 1. The molecule has 1 heterocycles. The first-order chi connectivity index (χ1) is 14.3. The molecule has 2 aromatic rings. The standard InChI is InChI=1S/C21H19ClN2O5S/c1-12-6-4-5-7-15(12)23-18(25)11-24-20(26)17(30-21(24)27)10-13-8-14(22)19(29-3)16(9-13)28-2/h4-10H,11H2,1-3H3,(H,23,25)/b17-10-. The summed E-state index contributed by atoms with van der Waals surface area (Å²) in [5, 5.41) is 2.51. The highest BCUT2D eigenvalue weighted by Gasteiger charge is 2.36. The third-order valence-corrected chi connectivity index (χ3v) is 5.54. The molecule has 0 unspecified atom stereocenters. The molecule has 2 aromatic carbocycles. The third-order valence-electron chi connectivity index (χ3n) is 4.35. The Bertz CT molecular complexity index is 1050. The van der Waals surface area contributed by atoms with Crippen molar-refractivity contribution in [3.05, 3.63) is 57.5 Å². The van der Waals surface area contributed by atoms with Gasteiger partial charge < -0.3 is 14.8 Å². The molecule has 0 spiro atoms. The largest absolute Gasteiger partial charge is 0.493 e.